The van der Waals surface area contributed by atoms with Crippen molar-refractivity contribution in [2.75, 3.05) is 7.11 Å². The lowest BCUT2D eigenvalue weighted by Gasteiger charge is -2.02. The van der Waals surface area contributed by atoms with Crippen molar-refractivity contribution in [1.29, 1.82) is 0 Å². The average Bonchev–Trinajstić information content (AvgIpc) is 2.90. The minimum absolute atomic E-state index is 0.0109. The lowest BCUT2D eigenvalue weighted by Crippen LogP contribution is -2.04. The lowest BCUT2D eigenvalue weighted by atomic mass is 10.1. The van der Waals surface area contributed by atoms with E-state index in [1.165, 1.54) is 7.11 Å². The number of carbonyl (C=O) groups excluding carboxylic acids is 1. The average molecular weight is 357 g/mol. The Hall–Kier alpha value is -2.73. The molecule has 0 saturated heterocycles. The third-order valence-electron chi connectivity index (χ3n) is 3.77. The van der Waals surface area contributed by atoms with Crippen molar-refractivity contribution in [3.05, 3.63) is 58.4 Å². The second-order valence-electron chi connectivity index (χ2n) is 5.70. The number of halogens is 1. The van der Waals surface area contributed by atoms with Crippen molar-refractivity contribution in [2.24, 2.45) is 10.2 Å². The first kappa shape index (κ1) is 17.1. The summed E-state index contributed by atoms with van der Waals surface area (Å²) in [7, 11) is 1.34. The molecule has 6 nitrogen and oxygen atoms in total. The van der Waals surface area contributed by atoms with E-state index < -0.39 is 5.97 Å². The molecule has 0 amide bonds. The third-order valence-corrected chi connectivity index (χ3v) is 3.99. The summed E-state index contributed by atoms with van der Waals surface area (Å²) in [6.07, 6.45) is 1.71. The highest BCUT2D eigenvalue weighted by Gasteiger charge is 2.16. The molecule has 0 saturated carbocycles. The molecule has 0 bridgehead atoms. The first-order valence-electron chi connectivity index (χ1n) is 7.70. The first-order valence-corrected chi connectivity index (χ1v) is 8.08. The number of aryl methyl sites for hydroxylation is 2. The van der Waals surface area contributed by atoms with Crippen molar-refractivity contribution < 1.29 is 9.53 Å². The number of carbonyl (C=O) groups is 1. The van der Waals surface area contributed by atoms with E-state index in [-0.39, 0.29) is 6.42 Å². The molecule has 0 radical (unpaired) electrons. The second-order valence-corrected chi connectivity index (χ2v) is 6.14. The Morgan fingerprint density at radius 2 is 2.04 bits per heavy atom. The maximum atomic E-state index is 11.7. The van der Waals surface area contributed by atoms with Crippen molar-refractivity contribution >= 4 is 34.7 Å². The van der Waals surface area contributed by atoms with E-state index in [0.29, 0.717) is 22.2 Å². The minimum Gasteiger partial charge on any atom is -0.469 e. The van der Waals surface area contributed by atoms with Crippen LogP contribution in [0.1, 0.15) is 16.8 Å². The van der Waals surface area contributed by atoms with Crippen LogP contribution >= 0.6 is 11.6 Å². The normalized spacial score (nSPS) is 11.4. The predicted molar refractivity (Wildman–Crippen MR) is 96.0 cm³/mol. The van der Waals surface area contributed by atoms with Gasteiger partial charge in [0, 0.05) is 6.20 Å². The summed E-state index contributed by atoms with van der Waals surface area (Å²) in [5, 5.41) is 9.21. The number of ether oxygens (including phenoxy) is 1. The Labute approximate surface area is 150 Å². The van der Waals surface area contributed by atoms with Crippen molar-refractivity contribution in [3.63, 3.8) is 0 Å². The number of fused-ring (bicyclic) bond motifs is 1. The number of hydrogen-bond acceptors (Lipinski definition) is 5. The fourth-order valence-corrected chi connectivity index (χ4v) is 2.67. The summed E-state index contributed by atoms with van der Waals surface area (Å²) in [6, 6.07) is 9.41. The molecular weight excluding hydrogens is 340 g/mol. The second kappa shape index (κ2) is 7.03. The van der Waals surface area contributed by atoms with E-state index in [4.69, 9.17) is 16.3 Å². The van der Waals surface area contributed by atoms with Crippen LogP contribution in [0.15, 0.2) is 46.8 Å². The van der Waals surface area contributed by atoms with Crippen molar-refractivity contribution in [1.82, 2.24) is 9.38 Å². The van der Waals surface area contributed by atoms with Crippen molar-refractivity contribution in [3.8, 4) is 0 Å². The van der Waals surface area contributed by atoms with Gasteiger partial charge in [0.15, 0.2) is 5.82 Å². The van der Waals surface area contributed by atoms with Crippen LogP contribution in [0.4, 0.5) is 11.5 Å². The number of rotatable bonds is 4. The fourth-order valence-electron chi connectivity index (χ4n) is 2.51. The number of pyridine rings is 1. The molecule has 0 N–H and O–H groups in total. The molecule has 3 aromatic rings. The Morgan fingerprint density at radius 3 is 2.76 bits per heavy atom. The molecule has 0 unspecified atom stereocenters. The molecule has 0 atom stereocenters. The highest BCUT2D eigenvalue weighted by atomic mass is 35.5. The van der Waals surface area contributed by atoms with E-state index in [0.717, 1.165) is 16.8 Å². The molecule has 3 rings (SSSR count). The zero-order valence-electron chi connectivity index (χ0n) is 14.2. The van der Waals surface area contributed by atoms with E-state index in [2.05, 4.69) is 15.2 Å². The molecule has 128 valence electrons. The molecule has 0 spiro atoms. The van der Waals surface area contributed by atoms with Gasteiger partial charge in [0.1, 0.15) is 5.65 Å². The van der Waals surface area contributed by atoms with E-state index in [9.17, 15) is 4.79 Å². The first-order chi connectivity index (χ1) is 12.0. The summed E-state index contributed by atoms with van der Waals surface area (Å²) in [4.78, 5) is 16.1. The SMILES string of the molecule is COC(=O)Cc1nc2ccc(Cl)cn2c1N=Nc1ccc(C)cc1C. The van der Waals surface area contributed by atoms with Gasteiger partial charge in [-0.1, -0.05) is 29.3 Å². The zero-order valence-corrected chi connectivity index (χ0v) is 14.9. The van der Waals surface area contributed by atoms with Crippen LogP contribution in [0.5, 0.6) is 0 Å². The number of aromatic nitrogens is 2. The molecule has 25 heavy (non-hydrogen) atoms. The van der Waals surface area contributed by atoms with Gasteiger partial charge in [0.2, 0.25) is 0 Å². The molecule has 0 fully saturated rings. The number of methoxy groups -OCH3 is 1. The standard InChI is InChI=1S/C18H17ClN4O2/c1-11-4-6-14(12(2)8-11)21-22-18-15(9-17(24)25-3)20-16-7-5-13(19)10-23(16)18/h4-8,10H,9H2,1-3H3. The largest absolute Gasteiger partial charge is 0.469 e. The highest BCUT2D eigenvalue weighted by molar-refractivity contribution is 6.30. The third kappa shape index (κ3) is 3.69. The van der Waals surface area contributed by atoms with E-state index in [1.807, 2.05) is 32.0 Å². The number of nitrogens with zero attached hydrogens (tertiary/aromatic N) is 4. The Morgan fingerprint density at radius 1 is 1.24 bits per heavy atom. The Balaban J connectivity index is 2.08. The van der Waals surface area contributed by atoms with Gasteiger partial charge in [-0.3, -0.25) is 9.20 Å². The van der Waals surface area contributed by atoms with E-state index >= 15 is 0 Å². The summed E-state index contributed by atoms with van der Waals surface area (Å²) in [5.74, 6) is 0.0698. The van der Waals surface area contributed by atoms with Crippen LogP contribution < -0.4 is 0 Å². The number of hydrogen-bond donors (Lipinski definition) is 0. The van der Waals surface area contributed by atoms with Gasteiger partial charge in [-0.2, -0.15) is 0 Å². The molecule has 0 aliphatic heterocycles. The molecule has 1 aromatic carbocycles. The molecule has 0 aliphatic carbocycles. The van der Waals surface area contributed by atoms with Gasteiger partial charge >= 0.3 is 5.97 Å². The molecular formula is C18H17ClN4O2. The van der Waals surface area contributed by atoms with Gasteiger partial charge in [-0.05, 0) is 37.6 Å². The Kier molecular flexibility index (Phi) is 4.81. The fraction of sp³-hybridized carbons (Fsp3) is 0.222. The van der Waals surface area contributed by atoms with Crippen LogP contribution in [-0.2, 0) is 16.0 Å². The zero-order chi connectivity index (χ0) is 18.0. The quantitative estimate of drug-likeness (QED) is 0.501. The van der Waals surface area contributed by atoms with Gasteiger partial charge in [0.05, 0.1) is 29.9 Å². The monoisotopic (exact) mass is 356 g/mol. The molecule has 2 heterocycles. The number of benzene rings is 1. The van der Waals surface area contributed by atoms with Crippen LogP contribution in [-0.4, -0.2) is 22.5 Å². The number of imidazole rings is 1. The van der Waals surface area contributed by atoms with Gasteiger partial charge in [-0.25, -0.2) is 4.98 Å². The Bertz CT molecular complexity index is 979. The summed E-state index contributed by atoms with van der Waals surface area (Å²) < 4.78 is 6.45. The molecule has 7 heteroatoms. The van der Waals surface area contributed by atoms with Gasteiger partial charge in [-0.15, -0.1) is 10.2 Å². The van der Waals surface area contributed by atoms with Crippen LogP contribution in [0.25, 0.3) is 5.65 Å². The molecule has 0 aliphatic rings. The van der Waals surface area contributed by atoms with Crippen LogP contribution in [0.3, 0.4) is 0 Å². The molecule has 2 aromatic heterocycles. The topological polar surface area (TPSA) is 68.3 Å². The summed E-state index contributed by atoms with van der Waals surface area (Å²) >= 11 is 6.08. The van der Waals surface area contributed by atoms with Crippen LogP contribution in [0.2, 0.25) is 5.02 Å². The summed E-state index contributed by atoms with van der Waals surface area (Å²) in [6.45, 7) is 4.00. The lowest BCUT2D eigenvalue weighted by molar-refractivity contribution is -0.139. The number of esters is 1. The van der Waals surface area contributed by atoms with Crippen molar-refractivity contribution in [2.45, 2.75) is 20.3 Å². The summed E-state index contributed by atoms with van der Waals surface area (Å²) in [5.41, 5.74) is 4.06. The predicted octanol–water partition coefficient (Wildman–Crippen LogP) is 4.74. The smallest absolute Gasteiger partial charge is 0.311 e. The van der Waals surface area contributed by atoms with E-state index in [1.54, 1.807) is 22.7 Å². The van der Waals surface area contributed by atoms with Gasteiger partial charge < -0.3 is 4.74 Å². The maximum Gasteiger partial charge on any atom is 0.311 e. The maximum absolute atomic E-state index is 11.7. The minimum atomic E-state index is -0.391. The van der Waals surface area contributed by atoms with Crippen LogP contribution in [0, 0.1) is 13.8 Å². The van der Waals surface area contributed by atoms with Gasteiger partial charge in [0.25, 0.3) is 0 Å². The number of azo groups is 1. The highest BCUT2D eigenvalue weighted by Crippen LogP contribution is 2.27.